The maximum Gasteiger partial charge on any atom is 0.307 e. The first-order chi connectivity index (χ1) is 11.0. The van der Waals surface area contributed by atoms with E-state index in [0.717, 1.165) is 6.42 Å². The summed E-state index contributed by atoms with van der Waals surface area (Å²) >= 11 is 0. The van der Waals surface area contributed by atoms with Gasteiger partial charge >= 0.3 is 5.97 Å². The number of nitrogens with zero attached hydrogens (tertiary/aromatic N) is 1. The van der Waals surface area contributed by atoms with E-state index >= 15 is 0 Å². The lowest BCUT2D eigenvalue weighted by Crippen LogP contribution is -2.37. The number of rotatable bonds is 7. The molecule has 0 radical (unpaired) electrons. The monoisotopic (exact) mass is 318 g/mol. The van der Waals surface area contributed by atoms with E-state index in [2.05, 4.69) is 43.4 Å². The van der Waals surface area contributed by atoms with Gasteiger partial charge in [0.2, 0.25) is 5.91 Å². The number of hydrogen-bond donors (Lipinski definition) is 2. The molecular weight excluding hydrogens is 292 g/mol. The summed E-state index contributed by atoms with van der Waals surface area (Å²) in [4.78, 5) is 24.7. The van der Waals surface area contributed by atoms with Gasteiger partial charge in [-0.05, 0) is 36.4 Å². The Hall–Kier alpha value is -1.88. The van der Waals surface area contributed by atoms with Crippen LogP contribution >= 0.6 is 0 Å². The molecule has 5 nitrogen and oxygen atoms in total. The van der Waals surface area contributed by atoms with Crippen LogP contribution in [0.5, 0.6) is 0 Å². The van der Waals surface area contributed by atoms with Crippen molar-refractivity contribution in [3.8, 4) is 0 Å². The van der Waals surface area contributed by atoms with Crippen molar-refractivity contribution in [3.05, 3.63) is 35.4 Å². The lowest BCUT2D eigenvalue weighted by molar-refractivity contribution is -0.141. The number of carbonyl (C=O) groups excluding carboxylic acids is 1. The molecule has 0 bridgehead atoms. The number of benzene rings is 1. The standard InChI is InChI=1S/C18H26N2O3/c1-13(2)15-5-3-14(4-6-15)7-9-19-17(21)12-20-10-8-16(11-20)18(22)23/h3-6,13,16H,7-12H2,1-2H3,(H,19,21)(H,22,23). The van der Waals surface area contributed by atoms with Crippen molar-refractivity contribution >= 4 is 11.9 Å². The number of likely N-dealkylation sites (tertiary alicyclic amines) is 1. The number of carboxylic acid groups (broad SMARTS) is 1. The molecule has 1 heterocycles. The van der Waals surface area contributed by atoms with E-state index < -0.39 is 5.97 Å². The van der Waals surface area contributed by atoms with Crippen molar-refractivity contribution < 1.29 is 14.7 Å². The summed E-state index contributed by atoms with van der Waals surface area (Å²) in [6.45, 7) is 6.39. The minimum absolute atomic E-state index is 0.0326. The first-order valence-electron chi connectivity index (χ1n) is 8.26. The van der Waals surface area contributed by atoms with E-state index in [-0.39, 0.29) is 18.4 Å². The predicted molar refractivity (Wildman–Crippen MR) is 89.4 cm³/mol. The van der Waals surface area contributed by atoms with Gasteiger partial charge in [-0.2, -0.15) is 0 Å². The molecule has 1 aromatic carbocycles. The van der Waals surface area contributed by atoms with Crippen LogP contribution in [0.15, 0.2) is 24.3 Å². The van der Waals surface area contributed by atoms with E-state index in [1.807, 2.05) is 4.90 Å². The van der Waals surface area contributed by atoms with Gasteiger partial charge in [-0.3, -0.25) is 14.5 Å². The van der Waals surface area contributed by atoms with Crippen molar-refractivity contribution in [3.63, 3.8) is 0 Å². The number of carboxylic acids is 1. The Bertz CT molecular complexity index is 540. The zero-order chi connectivity index (χ0) is 16.8. The zero-order valence-electron chi connectivity index (χ0n) is 13.9. The van der Waals surface area contributed by atoms with Crippen LogP contribution in [0.2, 0.25) is 0 Å². The first kappa shape index (κ1) is 17.5. The van der Waals surface area contributed by atoms with Crippen LogP contribution in [0, 0.1) is 5.92 Å². The summed E-state index contributed by atoms with van der Waals surface area (Å²) in [6.07, 6.45) is 1.44. The average molecular weight is 318 g/mol. The van der Waals surface area contributed by atoms with E-state index in [9.17, 15) is 9.59 Å². The quantitative estimate of drug-likeness (QED) is 0.805. The fourth-order valence-corrected chi connectivity index (χ4v) is 2.85. The Morgan fingerprint density at radius 1 is 1.30 bits per heavy atom. The summed E-state index contributed by atoms with van der Waals surface area (Å²) < 4.78 is 0. The molecule has 1 saturated heterocycles. The van der Waals surface area contributed by atoms with E-state index in [1.54, 1.807) is 0 Å². The fraction of sp³-hybridized carbons (Fsp3) is 0.556. The maximum absolute atomic E-state index is 11.9. The van der Waals surface area contributed by atoms with Gasteiger partial charge in [0.1, 0.15) is 0 Å². The molecule has 0 aromatic heterocycles. The lowest BCUT2D eigenvalue weighted by Gasteiger charge is -2.14. The largest absolute Gasteiger partial charge is 0.481 e. The molecule has 1 atom stereocenters. The summed E-state index contributed by atoms with van der Waals surface area (Å²) in [5.74, 6) is -0.603. The summed E-state index contributed by atoms with van der Waals surface area (Å²) in [7, 11) is 0. The highest BCUT2D eigenvalue weighted by Gasteiger charge is 2.28. The van der Waals surface area contributed by atoms with Crippen molar-refractivity contribution in [1.82, 2.24) is 10.2 Å². The van der Waals surface area contributed by atoms with Gasteiger partial charge in [0, 0.05) is 13.1 Å². The van der Waals surface area contributed by atoms with Crippen LogP contribution < -0.4 is 5.32 Å². The Balaban J connectivity index is 1.68. The van der Waals surface area contributed by atoms with Crippen LogP contribution in [0.4, 0.5) is 0 Å². The van der Waals surface area contributed by atoms with Gasteiger partial charge in [0.25, 0.3) is 0 Å². The number of hydrogen-bond acceptors (Lipinski definition) is 3. The third-order valence-corrected chi connectivity index (χ3v) is 4.37. The SMILES string of the molecule is CC(C)c1ccc(CCNC(=O)CN2CCC(C(=O)O)C2)cc1. The molecule has 1 unspecified atom stereocenters. The summed E-state index contributed by atoms with van der Waals surface area (Å²) in [6, 6.07) is 8.50. The summed E-state index contributed by atoms with van der Waals surface area (Å²) in [5, 5.41) is 11.9. The predicted octanol–water partition coefficient (Wildman–Crippen LogP) is 1.88. The molecular formula is C18H26N2O3. The second kappa shape index (κ2) is 8.11. The van der Waals surface area contributed by atoms with Crippen molar-refractivity contribution in [2.45, 2.75) is 32.6 Å². The molecule has 23 heavy (non-hydrogen) atoms. The first-order valence-corrected chi connectivity index (χ1v) is 8.26. The molecule has 1 aliphatic rings. The smallest absolute Gasteiger partial charge is 0.307 e. The van der Waals surface area contributed by atoms with Crippen molar-refractivity contribution in [2.24, 2.45) is 5.92 Å². The minimum atomic E-state index is -0.766. The lowest BCUT2D eigenvalue weighted by atomic mass is 10.0. The topological polar surface area (TPSA) is 69.6 Å². The fourth-order valence-electron chi connectivity index (χ4n) is 2.85. The number of amides is 1. The number of nitrogens with one attached hydrogen (secondary N) is 1. The second-order valence-corrected chi connectivity index (χ2v) is 6.56. The highest BCUT2D eigenvalue weighted by molar-refractivity contribution is 5.78. The molecule has 1 fully saturated rings. The van der Waals surface area contributed by atoms with Crippen LogP contribution in [-0.4, -0.2) is 48.1 Å². The zero-order valence-corrected chi connectivity index (χ0v) is 13.9. The van der Waals surface area contributed by atoms with Gasteiger partial charge in [0.05, 0.1) is 12.5 Å². The van der Waals surface area contributed by atoms with Crippen LogP contribution in [-0.2, 0) is 16.0 Å². The molecule has 2 rings (SSSR count). The maximum atomic E-state index is 11.9. The Morgan fingerprint density at radius 3 is 2.57 bits per heavy atom. The molecule has 1 aliphatic heterocycles. The second-order valence-electron chi connectivity index (χ2n) is 6.56. The average Bonchev–Trinajstić information content (AvgIpc) is 2.96. The third-order valence-electron chi connectivity index (χ3n) is 4.37. The minimum Gasteiger partial charge on any atom is -0.481 e. The Kier molecular flexibility index (Phi) is 6.16. The van der Waals surface area contributed by atoms with Crippen LogP contribution in [0.3, 0.4) is 0 Å². The van der Waals surface area contributed by atoms with Gasteiger partial charge in [-0.1, -0.05) is 38.1 Å². The van der Waals surface area contributed by atoms with Crippen LogP contribution in [0.1, 0.15) is 37.3 Å². The molecule has 0 spiro atoms. The van der Waals surface area contributed by atoms with Gasteiger partial charge < -0.3 is 10.4 Å². The van der Waals surface area contributed by atoms with Crippen molar-refractivity contribution in [2.75, 3.05) is 26.2 Å². The van der Waals surface area contributed by atoms with Gasteiger partial charge in [0.15, 0.2) is 0 Å². The molecule has 0 aliphatic carbocycles. The molecule has 0 saturated carbocycles. The highest BCUT2D eigenvalue weighted by atomic mass is 16.4. The highest BCUT2D eigenvalue weighted by Crippen LogP contribution is 2.16. The van der Waals surface area contributed by atoms with E-state index in [4.69, 9.17) is 5.11 Å². The third kappa shape index (κ3) is 5.36. The Morgan fingerprint density at radius 2 is 2.00 bits per heavy atom. The Labute approximate surface area is 137 Å². The van der Waals surface area contributed by atoms with Gasteiger partial charge in [-0.25, -0.2) is 0 Å². The van der Waals surface area contributed by atoms with Gasteiger partial charge in [-0.15, -0.1) is 0 Å². The number of aliphatic carboxylic acids is 1. The summed E-state index contributed by atoms with van der Waals surface area (Å²) in [5.41, 5.74) is 2.53. The van der Waals surface area contributed by atoms with E-state index in [1.165, 1.54) is 11.1 Å². The number of carbonyl (C=O) groups is 2. The van der Waals surface area contributed by atoms with E-state index in [0.29, 0.717) is 32.0 Å². The molecule has 5 heteroatoms. The molecule has 1 aromatic rings. The van der Waals surface area contributed by atoms with Crippen LogP contribution in [0.25, 0.3) is 0 Å². The molecule has 2 N–H and O–H groups in total. The molecule has 126 valence electrons. The molecule has 1 amide bonds. The normalized spacial score (nSPS) is 18.3. The van der Waals surface area contributed by atoms with Crippen molar-refractivity contribution in [1.29, 1.82) is 0 Å².